The van der Waals surface area contributed by atoms with Crippen molar-refractivity contribution in [1.29, 1.82) is 0 Å². The Hall–Kier alpha value is -3.50. The van der Waals surface area contributed by atoms with Gasteiger partial charge in [-0.2, -0.15) is 0 Å². The van der Waals surface area contributed by atoms with Crippen molar-refractivity contribution in [3.63, 3.8) is 0 Å². The summed E-state index contributed by atoms with van der Waals surface area (Å²) in [5, 5.41) is 2.13. The van der Waals surface area contributed by atoms with Crippen LogP contribution in [-0.2, 0) is 6.54 Å². The molecule has 2 aromatic heterocycles. The summed E-state index contributed by atoms with van der Waals surface area (Å²) in [7, 11) is 2.74. The zero-order valence-electron chi connectivity index (χ0n) is 17.0. The normalized spacial score (nSPS) is 13.4. The molecule has 31 heavy (non-hydrogen) atoms. The van der Waals surface area contributed by atoms with Crippen LogP contribution < -0.4 is 14.9 Å². The first-order valence-corrected chi connectivity index (χ1v) is 10.7. The van der Waals surface area contributed by atoms with Crippen LogP contribution in [0.5, 0.6) is 5.75 Å². The Bertz CT molecular complexity index is 1460. The molecular weight excluding hydrogens is 405 g/mol. The number of nitrogens with zero attached hydrogens (tertiary/aromatic N) is 4. The monoisotopic (exact) mass is 425 g/mol. The quantitative estimate of drug-likeness (QED) is 0.426. The third-order valence-electron chi connectivity index (χ3n) is 5.67. The summed E-state index contributed by atoms with van der Waals surface area (Å²) >= 11 is 0. The SMILES string of the molecule is Cc1nc2ccc(-c3ccc4c(c3)CN(c3ncnc5ccc(P)cc35)CO4)cc2[nH]1. The highest BCUT2D eigenvalue weighted by atomic mass is 31.0. The number of anilines is 1. The summed E-state index contributed by atoms with van der Waals surface area (Å²) in [6, 6.07) is 18.9. The summed E-state index contributed by atoms with van der Waals surface area (Å²) in [5.41, 5.74) is 6.40. The molecular formula is C24H20N5OP. The highest BCUT2D eigenvalue weighted by molar-refractivity contribution is 7.27. The van der Waals surface area contributed by atoms with E-state index >= 15 is 0 Å². The molecule has 6 rings (SSSR count). The average Bonchev–Trinajstić information content (AvgIpc) is 3.17. The molecule has 5 aromatic rings. The predicted octanol–water partition coefficient (Wildman–Crippen LogP) is 4.34. The lowest BCUT2D eigenvalue weighted by Crippen LogP contribution is -2.32. The standard InChI is InChI=1S/C24H20N5OP/c1-14-27-21-5-2-16(9-22(21)28-14)15-3-7-23-17(8-15)11-29(13-30-23)24-19-10-18(31)4-6-20(19)25-12-26-24/h2-10,12H,11,13,31H2,1H3,(H,27,28). The molecule has 0 amide bonds. The van der Waals surface area contributed by atoms with Gasteiger partial charge in [-0.3, -0.25) is 0 Å². The number of nitrogens with one attached hydrogen (secondary N) is 1. The van der Waals surface area contributed by atoms with Crippen LogP contribution in [0.25, 0.3) is 33.1 Å². The number of rotatable bonds is 2. The Kier molecular flexibility index (Phi) is 4.15. The molecule has 3 aromatic carbocycles. The lowest BCUT2D eigenvalue weighted by atomic mass is 10.0. The van der Waals surface area contributed by atoms with Crippen LogP contribution in [0.1, 0.15) is 11.4 Å². The second-order valence-electron chi connectivity index (χ2n) is 7.82. The van der Waals surface area contributed by atoms with Crippen molar-refractivity contribution < 1.29 is 4.74 Å². The fourth-order valence-electron chi connectivity index (χ4n) is 4.19. The molecule has 1 N–H and O–H groups in total. The van der Waals surface area contributed by atoms with Crippen LogP contribution in [0.4, 0.5) is 5.82 Å². The Morgan fingerprint density at radius 3 is 2.74 bits per heavy atom. The second-order valence-corrected chi connectivity index (χ2v) is 8.49. The van der Waals surface area contributed by atoms with E-state index in [2.05, 4.69) is 76.5 Å². The lowest BCUT2D eigenvalue weighted by molar-refractivity contribution is 0.288. The number of aromatic nitrogens is 4. The van der Waals surface area contributed by atoms with Crippen molar-refractivity contribution in [1.82, 2.24) is 19.9 Å². The lowest BCUT2D eigenvalue weighted by Gasteiger charge is -2.30. The molecule has 0 spiro atoms. The summed E-state index contributed by atoms with van der Waals surface area (Å²) < 4.78 is 6.08. The van der Waals surface area contributed by atoms with Crippen molar-refractivity contribution in [2.45, 2.75) is 13.5 Å². The summed E-state index contributed by atoms with van der Waals surface area (Å²) in [6.45, 7) is 3.15. The van der Waals surface area contributed by atoms with Crippen molar-refractivity contribution in [3.8, 4) is 16.9 Å². The van der Waals surface area contributed by atoms with Gasteiger partial charge in [0.05, 0.1) is 23.1 Å². The molecule has 0 fully saturated rings. The van der Waals surface area contributed by atoms with E-state index in [-0.39, 0.29) is 0 Å². The number of fused-ring (bicyclic) bond motifs is 3. The highest BCUT2D eigenvalue weighted by Gasteiger charge is 2.21. The topological polar surface area (TPSA) is 66.9 Å². The number of ether oxygens (including phenoxy) is 1. The van der Waals surface area contributed by atoms with E-state index in [4.69, 9.17) is 4.74 Å². The summed E-state index contributed by atoms with van der Waals surface area (Å²) in [6.07, 6.45) is 1.62. The maximum Gasteiger partial charge on any atom is 0.162 e. The van der Waals surface area contributed by atoms with Gasteiger partial charge >= 0.3 is 0 Å². The van der Waals surface area contributed by atoms with E-state index < -0.39 is 0 Å². The Labute approximate surface area is 181 Å². The molecule has 0 bridgehead atoms. The van der Waals surface area contributed by atoms with E-state index in [0.29, 0.717) is 6.73 Å². The van der Waals surface area contributed by atoms with Gasteiger partial charge in [0.25, 0.3) is 0 Å². The van der Waals surface area contributed by atoms with Crippen LogP contribution in [0.15, 0.2) is 60.9 Å². The van der Waals surface area contributed by atoms with E-state index in [1.807, 2.05) is 19.1 Å². The fraction of sp³-hybridized carbons (Fsp3) is 0.125. The smallest absolute Gasteiger partial charge is 0.162 e. The summed E-state index contributed by atoms with van der Waals surface area (Å²) in [4.78, 5) is 19.0. The molecule has 1 atom stereocenters. The third kappa shape index (κ3) is 3.20. The molecule has 1 unspecified atom stereocenters. The van der Waals surface area contributed by atoms with Gasteiger partial charge in [-0.05, 0) is 59.8 Å². The van der Waals surface area contributed by atoms with Gasteiger partial charge < -0.3 is 14.6 Å². The first-order chi connectivity index (χ1) is 15.1. The van der Waals surface area contributed by atoms with Crippen molar-refractivity contribution in [3.05, 3.63) is 72.3 Å². The number of aryl methyl sites for hydroxylation is 1. The number of hydrogen-bond acceptors (Lipinski definition) is 5. The first kappa shape index (κ1) is 18.3. The molecule has 0 saturated heterocycles. The number of aromatic amines is 1. The largest absolute Gasteiger partial charge is 0.473 e. The number of hydrogen-bond donors (Lipinski definition) is 1. The van der Waals surface area contributed by atoms with Crippen molar-refractivity contribution >= 4 is 42.3 Å². The number of imidazole rings is 1. The van der Waals surface area contributed by atoms with Crippen LogP contribution >= 0.6 is 9.24 Å². The van der Waals surface area contributed by atoms with E-state index in [0.717, 1.165) is 67.9 Å². The Morgan fingerprint density at radius 2 is 1.81 bits per heavy atom. The zero-order valence-corrected chi connectivity index (χ0v) is 18.1. The van der Waals surface area contributed by atoms with Crippen LogP contribution in [0, 0.1) is 6.92 Å². The number of benzene rings is 3. The van der Waals surface area contributed by atoms with Crippen LogP contribution in [0.2, 0.25) is 0 Å². The summed E-state index contributed by atoms with van der Waals surface area (Å²) in [5.74, 6) is 2.73. The van der Waals surface area contributed by atoms with Gasteiger partial charge in [-0.1, -0.05) is 18.2 Å². The van der Waals surface area contributed by atoms with E-state index in [1.165, 1.54) is 0 Å². The Balaban J connectivity index is 1.38. The molecule has 7 heteroatoms. The van der Waals surface area contributed by atoms with E-state index in [1.54, 1.807) is 6.33 Å². The minimum absolute atomic E-state index is 0.457. The highest BCUT2D eigenvalue weighted by Crippen LogP contribution is 2.34. The zero-order chi connectivity index (χ0) is 20.9. The second kappa shape index (κ2) is 7.03. The maximum absolute atomic E-state index is 6.08. The van der Waals surface area contributed by atoms with Gasteiger partial charge in [0.1, 0.15) is 23.7 Å². The minimum Gasteiger partial charge on any atom is -0.473 e. The van der Waals surface area contributed by atoms with Gasteiger partial charge in [0, 0.05) is 10.9 Å². The maximum atomic E-state index is 6.08. The fourth-order valence-corrected chi connectivity index (χ4v) is 4.45. The molecule has 1 aliphatic heterocycles. The third-order valence-corrected chi connectivity index (χ3v) is 6.03. The average molecular weight is 425 g/mol. The van der Waals surface area contributed by atoms with Crippen LogP contribution in [0.3, 0.4) is 0 Å². The van der Waals surface area contributed by atoms with Gasteiger partial charge in [-0.25, -0.2) is 15.0 Å². The molecule has 3 heterocycles. The van der Waals surface area contributed by atoms with E-state index in [9.17, 15) is 0 Å². The van der Waals surface area contributed by atoms with Gasteiger partial charge in [-0.15, -0.1) is 9.24 Å². The van der Waals surface area contributed by atoms with Gasteiger partial charge in [0.15, 0.2) is 6.73 Å². The predicted molar refractivity (Wildman–Crippen MR) is 127 cm³/mol. The number of H-pyrrole nitrogens is 1. The van der Waals surface area contributed by atoms with Gasteiger partial charge in [0.2, 0.25) is 0 Å². The Morgan fingerprint density at radius 1 is 0.968 bits per heavy atom. The molecule has 152 valence electrons. The molecule has 1 aliphatic rings. The molecule has 0 aliphatic carbocycles. The molecule has 0 radical (unpaired) electrons. The minimum atomic E-state index is 0.457. The molecule has 0 saturated carbocycles. The first-order valence-electron chi connectivity index (χ1n) is 10.1. The van der Waals surface area contributed by atoms with Crippen LogP contribution in [-0.4, -0.2) is 26.7 Å². The van der Waals surface area contributed by atoms with Crippen molar-refractivity contribution in [2.24, 2.45) is 0 Å². The van der Waals surface area contributed by atoms with Crippen molar-refractivity contribution in [2.75, 3.05) is 11.6 Å². The molecule has 6 nitrogen and oxygen atoms in total.